The maximum Gasteiger partial charge on any atom is 0.337 e. The molecule has 4 heterocycles. The van der Waals surface area contributed by atoms with E-state index in [0.29, 0.717) is 80.8 Å². The lowest BCUT2D eigenvalue weighted by Crippen LogP contribution is -2.14. The summed E-state index contributed by atoms with van der Waals surface area (Å²) in [6.07, 6.45) is 9.03. The van der Waals surface area contributed by atoms with E-state index < -0.39 is 35.3 Å². The minimum Gasteiger partial charge on any atom is -0.494 e. The number of hydrogen-bond donors (Lipinski definition) is 6. The fraction of sp³-hybridized carbons (Fsp3) is 0.179. The number of carboxylic acids is 2. The van der Waals surface area contributed by atoms with Crippen LogP contribution in [-0.4, -0.2) is 67.5 Å². The van der Waals surface area contributed by atoms with Gasteiger partial charge in [0.25, 0.3) is 11.8 Å². The number of anilines is 4. The van der Waals surface area contributed by atoms with Crippen molar-refractivity contribution in [3.63, 3.8) is 0 Å². The molecule has 72 heavy (non-hydrogen) atoms. The summed E-state index contributed by atoms with van der Waals surface area (Å²) in [5.41, 5.74) is 15.3. The van der Waals surface area contributed by atoms with Gasteiger partial charge in [0, 0.05) is 57.1 Å². The SMILES string of the molecule is Cc1c(C(=O)c2ccc(N)c(C(=O)O)c2)c2ccccn2c1NC(=O)c1cccc(OCCCCCCCCOc2cccc(C(=O)Nc3c(C)c(C(=O)c4ccc(N)c(C(=O)O)c4)c4ccccn34)c2)c1. The van der Waals surface area contributed by atoms with Gasteiger partial charge in [0.15, 0.2) is 11.6 Å². The van der Waals surface area contributed by atoms with Gasteiger partial charge in [0.05, 0.1) is 46.5 Å². The van der Waals surface area contributed by atoms with Crippen molar-refractivity contribution in [2.45, 2.75) is 52.4 Å². The van der Waals surface area contributed by atoms with Crippen LogP contribution < -0.4 is 31.6 Å². The van der Waals surface area contributed by atoms with Gasteiger partial charge in [-0.25, -0.2) is 9.59 Å². The molecule has 0 spiro atoms. The molecular weight excluding hydrogens is 917 g/mol. The van der Waals surface area contributed by atoms with Gasteiger partial charge in [0.2, 0.25) is 0 Å². The summed E-state index contributed by atoms with van der Waals surface area (Å²) in [6.45, 7) is 4.41. The quantitative estimate of drug-likeness (QED) is 0.0224. The number of hydrogen-bond acceptors (Lipinski definition) is 10. The fourth-order valence-corrected chi connectivity index (χ4v) is 8.71. The van der Waals surface area contributed by atoms with Gasteiger partial charge in [-0.2, -0.15) is 0 Å². The first-order valence-corrected chi connectivity index (χ1v) is 23.3. The molecule has 0 fully saturated rings. The van der Waals surface area contributed by atoms with Gasteiger partial charge in [-0.15, -0.1) is 0 Å². The van der Waals surface area contributed by atoms with E-state index in [4.69, 9.17) is 20.9 Å². The van der Waals surface area contributed by atoms with Gasteiger partial charge in [-0.3, -0.25) is 19.2 Å². The smallest absolute Gasteiger partial charge is 0.337 e. The number of nitrogens with two attached hydrogens (primary N) is 2. The Morgan fingerprint density at radius 3 is 1.29 bits per heavy atom. The number of amides is 2. The van der Waals surface area contributed by atoms with Crippen LogP contribution in [0.25, 0.3) is 11.0 Å². The zero-order chi connectivity index (χ0) is 51.1. The first-order valence-electron chi connectivity index (χ1n) is 23.3. The number of carbonyl (C=O) groups is 6. The second kappa shape index (κ2) is 21.6. The molecule has 0 atom stereocenters. The number of carbonyl (C=O) groups excluding carboxylic acids is 4. The summed E-state index contributed by atoms with van der Waals surface area (Å²) in [6, 6.07) is 32.7. The third kappa shape index (κ3) is 10.5. The Labute approximate surface area is 413 Å². The zero-order valence-electron chi connectivity index (χ0n) is 39.6. The van der Waals surface area contributed by atoms with Gasteiger partial charge in [-0.05, 0) is 124 Å². The number of pyridine rings is 2. The van der Waals surface area contributed by atoms with Crippen molar-refractivity contribution in [3.8, 4) is 11.5 Å². The number of aromatic nitrogens is 2. The molecule has 0 aliphatic heterocycles. The molecular formula is C56H52N6O10. The number of nitrogens with zero attached hydrogens (tertiary/aromatic N) is 2. The average Bonchev–Trinajstić information content (AvgIpc) is 3.82. The molecule has 4 aromatic carbocycles. The maximum atomic E-state index is 13.8. The molecule has 0 aliphatic rings. The Kier molecular flexibility index (Phi) is 14.8. The number of benzene rings is 4. The number of nitrogens with one attached hydrogen (secondary N) is 2. The highest BCUT2D eigenvalue weighted by Gasteiger charge is 2.26. The monoisotopic (exact) mass is 968 g/mol. The maximum absolute atomic E-state index is 13.8. The molecule has 0 saturated carbocycles. The average molecular weight is 969 g/mol. The van der Waals surface area contributed by atoms with Crippen molar-refractivity contribution in [1.29, 1.82) is 0 Å². The molecule has 0 aliphatic carbocycles. The van der Waals surface area contributed by atoms with Crippen LogP contribution in [0, 0.1) is 13.8 Å². The zero-order valence-corrected chi connectivity index (χ0v) is 39.6. The minimum atomic E-state index is -1.24. The standard InChI is InChI=1S/C56H52N6O10/c1-33-47(49(63)35-21-23-43(57)41(31-35)55(67)68)45-19-7-9-25-61(45)51(33)59-53(65)37-15-13-17-39(29-37)71-27-11-5-3-4-6-12-28-72-40-18-14-16-38(30-40)54(66)60-52-34(2)48(46-20-8-10-26-62(46)52)50(64)36-22-24-44(58)42(32-36)56(69)70/h7-10,13-26,29-32H,3-6,11-12,27-28,57-58H2,1-2H3,(H,59,65)(H,60,66)(H,67,68)(H,69,70). The van der Waals surface area contributed by atoms with Crippen LogP contribution in [0.2, 0.25) is 0 Å². The van der Waals surface area contributed by atoms with Crippen LogP contribution in [0.3, 0.4) is 0 Å². The topological polar surface area (TPSA) is 246 Å². The molecule has 8 N–H and O–H groups in total. The predicted octanol–water partition coefficient (Wildman–Crippen LogP) is 10.1. The molecule has 4 aromatic heterocycles. The van der Waals surface area contributed by atoms with Gasteiger partial charge in [0.1, 0.15) is 23.1 Å². The van der Waals surface area contributed by atoms with Crippen molar-refractivity contribution in [1.82, 2.24) is 8.80 Å². The molecule has 0 bridgehead atoms. The lowest BCUT2D eigenvalue weighted by molar-refractivity contribution is 0.0687. The van der Waals surface area contributed by atoms with Crippen molar-refractivity contribution < 1.29 is 48.5 Å². The number of ketones is 2. The van der Waals surface area contributed by atoms with E-state index >= 15 is 0 Å². The number of aromatic carboxylic acids is 2. The lowest BCUT2D eigenvalue weighted by Gasteiger charge is -2.10. The fourth-order valence-electron chi connectivity index (χ4n) is 8.71. The number of carboxylic acid groups (broad SMARTS) is 2. The molecule has 8 rings (SSSR count). The van der Waals surface area contributed by atoms with Crippen molar-refractivity contribution >= 4 is 69.4 Å². The summed E-state index contributed by atoms with van der Waals surface area (Å²) in [5, 5.41) is 25.1. The van der Waals surface area contributed by atoms with E-state index in [-0.39, 0.29) is 33.6 Å². The summed E-state index contributed by atoms with van der Waals surface area (Å²) in [4.78, 5) is 78.3. The van der Waals surface area contributed by atoms with E-state index in [9.17, 15) is 39.0 Å². The number of rotatable bonds is 21. The molecule has 366 valence electrons. The van der Waals surface area contributed by atoms with Crippen LogP contribution >= 0.6 is 0 Å². The Balaban J connectivity index is 0.778. The number of ether oxygens (including phenoxy) is 2. The molecule has 0 radical (unpaired) electrons. The van der Waals surface area contributed by atoms with Crippen LogP contribution in [0.4, 0.5) is 23.0 Å². The van der Waals surface area contributed by atoms with E-state index in [0.717, 1.165) is 38.5 Å². The normalized spacial score (nSPS) is 11.1. The van der Waals surface area contributed by atoms with E-state index in [1.54, 1.807) is 120 Å². The Morgan fingerprint density at radius 1 is 0.486 bits per heavy atom. The summed E-state index contributed by atoms with van der Waals surface area (Å²) in [7, 11) is 0. The van der Waals surface area contributed by atoms with Crippen LogP contribution in [0.5, 0.6) is 11.5 Å². The van der Waals surface area contributed by atoms with E-state index in [1.165, 1.54) is 36.4 Å². The molecule has 16 heteroatoms. The Morgan fingerprint density at radius 2 is 0.889 bits per heavy atom. The van der Waals surface area contributed by atoms with Crippen LogP contribution in [0.15, 0.2) is 134 Å². The predicted molar refractivity (Wildman–Crippen MR) is 274 cm³/mol. The highest BCUT2D eigenvalue weighted by molar-refractivity contribution is 6.18. The van der Waals surface area contributed by atoms with E-state index in [2.05, 4.69) is 10.6 Å². The van der Waals surface area contributed by atoms with Gasteiger partial charge in [-0.1, -0.05) is 49.9 Å². The highest BCUT2D eigenvalue weighted by Crippen LogP contribution is 2.33. The summed E-state index contributed by atoms with van der Waals surface area (Å²) >= 11 is 0. The second-order valence-corrected chi connectivity index (χ2v) is 17.3. The number of nitrogen functional groups attached to an aromatic ring is 2. The van der Waals surface area contributed by atoms with Crippen LogP contribution in [0.1, 0.15) is 123 Å². The van der Waals surface area contributed by atoms with Crippen molar-refractivity contribution in [2.75, 3.05) is 35.3 Å². The molecule has 0 saturated heterocycles. The number of fused-ring (bicyclic) bond motifs is 2. The molecule has 16 nitrogen and oxygen atoms in total. The summed E-state index contributed by atoms with van der Waals surface area (Å²) < 4.78 is 15.5. The minimum absolute atomic E-state index is 0.0486. The summed E-state index contributed by atoms with van der Waals surface area (Å²) in [5.74, 6) is -2.17. The second-order valence-electron chi connectivity index (χ2n) is 17.3. The van der Waals surface area contributed by atoms with Gasteiger partial charge >= 0.3 is 11.9 Å². The number of unbranched alkanes of at least 4 members (excludes halogenated alkanes) is 5. The Hall–Kier alpha value is -9.18. The lowest BCUT2D eigenvalue weighted by atomic mass is 9.98. The highest BCUT2D eigenvalue weighted by atomic mass is 16.5. The van der Waals surface area contributed by atoms with Crippen LogP contribution in [-0.2, 0) is 0 Å². The largest absolute Gasteiger partial charge is 0.494 e. The Bertz CT molecular complexity index is 3200. The molecule has 8 aromatic rings. The molecule has 0 unspecified atom stereocenters. The van der Waals surface area contributed by atoms with Crippen molar-refractivity contribution in [3.05, 3.63) is 189 Å². The van der Waals surface area contributed by atoms with Crippen molar-refractivity contribution in [2.24, 2.45) is 0 Å². The third-order valence-corrected chi connectivity index (χ3v) is 12.5. The van der Waals surface area contributed by atoms with E-state index in [1.807, 2.05) is 0 Å². The van der Waals surface area contributed by atoms with Gasteiger partial charge < -0.3 is 50.6 Å². The first kappa shape index (κ1) is 49.2. The molecule has 2 amide bonds. The third-order valence-electron chi connectivity index (χ3n) is 12.5. The first-order chi connectivity index (χ1) is 34.7.